The monoisotopic (exact) mass is 316 g/mol. The molecule has 3 unspecified atom stereocenters. The summed E-state index contributed by atoms with van der Waals surface area (Å²) in [5, 5.41) is 12.0. The van der Waals surface area contributed by atoms with Crippen LogP contribution in [0.1, 0.15) is 48.1 Å². The molecule has 3 nitrogen and oxygen atoms in total. The number of fused-ring (bicyclic) bond motifs is 2. The summed E-state index contributed by atoms with van der Waals surface area (Å²) in [6.45, 7) is 2.00. The molecule has 0 heterocycles. The van der Waals surface area contributed by atoms with Gasteiger partial charge in [-0.05, 0) is 55.0 Å². The van der Waals surface area contributed by atoms with E-state index in [0.717, 1.165) is 24.8 Å². The first kappa shape index (κ1) is 15.0. The van der Waals surface area contributed by atoms with Gasteiger partial charge in [-0.25, -0.2) is 0 Å². The number of carbonyl (C=O) groups is 1. The molecular formula is C21H20N2O. The second kappa shape index (κ2) is 5.49. The lowest BCUT2D eigenvalue weighted by Gasteiger charge is -2.16. The highest BCUT2D eigenvalue weighted by atomic mass is 16.2. The van der Waals surface area contributed by atoms with Crippen LogP contribution in [0.4, 0.5) is 0 Å². The van der Waals surface area contributed by atoms with Crippen LogP contribution in [0, 0.1) is 17.2 Å². The van der Waals surface area contributed by atoms with Crippen LogP contribution < -0.4 is 5.32 Å². The molecule has 120 valence electrons. The Balaban J connectivity index is 1.46. The number of carbonyl (C=O) groups excluding carboxylic acids is 1. The first-order valence-electron chi connectivity index (χ1n) is 8.53. The molecule has 3 heteroatoms. The Hall–Kier alpha value is -2.60. The Labute approximate surface area is 142 Å². The van der Waals surface area contributed by atoms with Gasteiger partial charge in [-0.2, -0.15) is 5.26 Å². The zero-order valence-electron chi connectivity index (χ0n) is 13.8. The van der Waals surface area contributed by atoms with Gasteiger partial charge in [0.15, 0.2) is 0 Å². The first-order chi connectivity index (χ1) is 11.6. The van der Waals surface area contributed by atoms with Gasteiger partial charge in [-0.15, -0.1) is 0 Å². The maximum atomic E-state index is 12.7. The molecule has 1 fully saturated rings. The number of nitriles is 1. The van der Waals surface area contributed by atoms with E-state index >= 15 is 0 Å². The lowest BCUT2D eigenvalue weighted by atomic mass is 9.95. The van der Waals surface area contributed by atoms with Crippen molar-refractivity contribution in [1.82, 2.24) is 5.32 Å². The van der Waals surface area contributed by atoms with Gasteiger partial charge in [0.25, 0.3) is 0 Å². The van der Waals surface area contributed by atoms with Crippen LogP contribution in [0.15, 0.2) is 48.5 Å². The van der Waals surface area contributed by atoms with Crippen LogP contribution in [0.25, 0.3) is 0 Å². The molecule has 0 aromatic heterocycles. The Bertz CT molecular complexity index is 834. The highest BCUT2D eigenvalue weighted by Gasteiger charge is 2.61. The van der Waals surface area contributed by atoms with E-state index in [2.05, 4.69) is 35.7 Å². The molecule has 2 aliphatic carbocycles. The summed E-state index contributed by atoms with van der Waals surface area (Å²) in [5.74, 6) is 0.255. The van der Waals surface area contributed by atoms with E-state index in [1.54, 1.807) is 12.1 Å². The topological polar surface area (TPSA) is 52.9 Å². The number of benzene rings is 2. The van der Waals surface area contributed by atoms with Crippen molar-refractivity contribution in [2.24, 2.45) is 5.92 Å². The summed E-state index contributed by atoms with van der Waals surface area (Å²) in [4.78, 5) is 12.7. The van der Waals surface area contributed by atoms with Crippen molar-refractivity contribution < 1.29 is 4.79 Å². The third kappa shape index (κ3) is 2.30. The van der Waals surface area contributed by atoms with Crippen molar-refractivity contribution in [3.05, 3.63) is 70.8 Å². The minimum Gasteiger partial charge on any atom is -0.349 e. The van der Waals surface area contributed by atoms with Crippen LogP contribution in [0.5, 0.6) is 0 Å². The standard InChI is InChI=1S/C21H20N2O/c1-14(16-8-6-15(13-22)7-9-16)23-20(24)19-12-21(19)11-10-17-4-2-3-5-18(17)21/h2-9,14,19H,10-12H2,1H3,(H,23,24). The Morgan fingerprint density at radius 2 is 2.00 bits per heavy atom. The molecule has 0 bridgehead atoms. The third-order valence-corrected chi connectivity index (χ3v) is 5.68. The van der Waals surface area contributed by atoms with Gasteiger partial charge in [0.1, 0.15) is 0 Å². The van der Waals surface area contributed by atoms with Crippen molar-refractivity contribution in [2.75, 3.05) is 0 Å². The molecule has 24 heavy (non-hydrogen) atoms. The Kier molecular flexibility index (Phi) is 3.42. The normalized spacial score (nSPS) is 24.9. The quantitative estimate of drug-likeness (QED) is 0.940. The molecular weight excluding hydrogens is 296 g/mol. The van der Waals surface area contributed by atoms with Gasteiger partial charge < -0.3 is 5.32 Å². The van der Waals surface area contributed by atoms with E-state index < -0.39 is 0 Å². The molecule has 0 aliphatic heterocycles. The number of hydrogen-bond acceptors (Lipinski definition) is 2. The van der Waals surface area contributed by atoms with E-state index in [-0.39, 0.29) is 23.3 Å². The molecule has 1 spiro atoms. The zero-order chi connectivity index (χ0) is 16.7. The largest absolute Gasteiger partial charge is 0.349 e. The zero-order valence-corrected chi connectivity index (χ0v) is 13.8. The van der Waals surface area contributed by atoms with Gasteiger partial charge in [0, 0.05) is 11.3 Å². The fourth-order valence-electron chi connectivity index (χ4n) is 4.18. The third-order valence-electron chi connectivity index (χ3n) is 5.68. The summed E-state index contributed by atoms with van der Waals surface area (Å²) in [7, 11) is 0. The van der Waals surface area contributed by atoms with Crippen molar-refractivity contribution in [3.8, 4) is 6.07 Å². The smallest absolute Gasteiger partial charge is 0.224 e. The van der Waals surface area contributed by atoms with Crippen LogP contribution in [-0.4, -0.2) is 5.91 Å². The van der Waals surface area contributed by atoms with Gasteiger partial charge in [-0.3, -0.25) is 4.79 Å². The van der Waals surface area contributed by atoms with Crippen LogP contribution in [0.2, 0.25) is 0 Å². The Morgan fingerprint density at radius 3 is 2.75 bits per heavy atom. The summed E-state index contributed by atoms with van der Waals surface area (Å²) in [6.07, 6.45) is 3.15. The summed E-state index contributed by atoms with van der Waals surface area (Å²) in [5.41, 5.74) is 4.55. The van der Waals surface area contributed by atoms with Crippen molar-refractivity contribution in [1.29, 1.82) is 5.26 Å². The minimum absolute atomic E-state index is 0.0421. The second-order valence-corrected chi connectivity index (χ2v) is 7.03. The SMILES string of the molecule is CC(NC(=O)C1CC12CCc1ccccc12)c1ccc(C#N)cc1. The molecule has 0 saturated heterocycles. The second-order valence-electron chi connectivity index (χ2n) is 7.03. The minimum atomic E-state index is -0.0421. The molecule has 4 rings (SSSR count). The molecule has 1 amide bonds. The van der Waals surface area contributed by atoms with E-state index in [0.29, 0.717) is 5.56 Å². The van der Waals surface area contributed by atoms with Crippen molar-refractivity contribution in [2.45, 2.75) is 37.6 Å². The number of rotatable bonds is 3. The number of nitrogens with one attached hydrogen (secondary N) is 1. The Morgan fingerprint density at radius 1 is 1.25 bits per heavy atom. The highest BCUT2D eigenvalue weighted by molar-refractivity contribution is 5.85. The molecule has 1 saturated carbocycles. The fourth-order valence-corrected chi connectivity index (χ4v) is 4.18. The number of aryl methyl sites for hydroxylation is 1. The van der Waals surface area contributed by atoms with Gasteiger partial charge >= 0.3 is 0 Å². The molecule has 1 N–H and O–H groups in total. The summed E-state index contributed by atoms with van der Waals surface area (Å²) >= 11 is 0. The van der Waals surface area contributed by atoms with Crippen LogP contribution in [-0.2, 0) is 16.6 Å². The molecule has 2 aromatic rings. The lowest BCUT2D eigenvalue weighted by Crippen LogP contribution is -2.30. The van der Waals surface area contributed by atoms with Crippen LogP contribution >= 0.6 is 0 Å². The predicted molar refractivity (Wildman–Crippen MR) is 92.3 cm³/mol. The maximum Gasteiger partial charge on any atom is 0.224 e. The molecule has 2 aromatic carbocycles. The van der Waals surface area contributed by atoms with Gasteiger partial charge in [-0.1, -0.05) is 36.4 Å². The van der Waals surface area contributed by atoms with Crippen molar-refractivity contribution >= 4 is 5.91 Å². The molecule has 0 radical (unpaired) electrons. The van der Waals surface area contributed by atoms with E-state index in [4.69, 9.17) is 5.26 Å². The number of nitrogens with zero attached hydrogens (tertiary/aromatic N) is 1. The average molecular weight is 316 g/mol. The lowest BCUT2D eigenvalue weighted by molar-refractivity contribution is -0.123. The molecule has 3 atom stereocenters. The van der Waals surface area contributed by atoms with E-state index in [9.17, 15) is 4.79 Å². The number of amides is 1. The first-order valence-corrected chi connectivity index (χ1v) is 8.53. The van der Waals surface area contributed by atoms with Crippen molar-refractivity contribution in [3.63, 3.8) is 0 Å². The predicted octanol–water partition coefficient (Wildman–Crippen LogP) is 3.64. The molecule has 2 aliphatic rings. The fraction of sp³-hybridized carbons (Fsp3) is 0.333. The number of hydrogen-bond donors (Lipinski definition) is 1. The highest BCUT2D eigenvalue weighted by Crippen LogP contribution is 2.61. The van der Waals surface area contributed by atoms with Crippen LogP contribution in [0.3, 0.4) is 0 Å². The maximum absolute atomic E-state index is 12.7. The van der Waals surface area contributed by atoms with E-state index in [1.165, 1.54) is 11.1 Å². The van der Waals surface area contributed by atoms with E-state index in [1.807, 2.05) is 19.1 Å². The summed E-state index contributed by atoms with van der Waals surface area (Å²) in [6, 6.07) is 18.0. The van der Waals surface area contributed by atoms with Gasteiger partial charge in [0.05, 0.1) is 17.7 Å². The summed E-state index contributed by atoms with van der Waals surface area (Å²) < 4.78 is 0. The average Bonchev–Trinajstić information content (AvgIpc) is 3.24. The van der Waals surface area contributed by atoms with Gasteiger partial charge in [0.2, 0.25) is 5.91 Å².